The Labute approximate surface area is 137 Å². The minimum Gasteiger partial charge on any atom is -0.326 e. The lowest BCUT2D eigenvalue weighted by Gasteiger charge is -2.23. The highest BCUT2D eigenvalue weighted by Crippen LogP contribution is 2.30. The smallest absolute Gasteiger partial charge is 0.0517 e. The average Bonchev–Trinajstić information content (AvgIpc) is 2.61. The van der Waals surface area contributed by atoms with E-state index < -0.39 is 0 Å². The molecule has 0 saturated carbocycles. The molecule has 24 heavy (non-hydrogen) atoms. The normalized spacial score (nSPS) is 9.62. The highest BCUT2D eigenvalue weighted by atomic mass is 15.1. The summed E-state index contributed by atoms with van der Waals surface area (Å²) < 4.78 is 0. The molecular formula is C12H18N12. The van der Waals surface area contributed by atoms with Crippen LogP contribution in [0.3, 0.4) is 0 Å². The molecule has 0 aromatic heterocycles. The van der Waals surface area contributed by atoms with E-state index in [9.17, 15) is 0 Å². The Morgan fingerprint density at radius 1 is 0.542 bits per heavy atom. The van der Waals surface area contributed by atoms with Gasteiger partial charge in [-0.25, -0.2) is 0 Å². The lowest BCUT2D eigenvalue weighted by Crippen LogP contribution is -2.19. The summed E-state index contributed by atoms with van der Waals surface area (Å²) in [5, 5.41) is 10.8. The molecule has 1 aromatic carbocycles. The highest BCUT2D eigenvalue weighted by molar-refractivity contribution is 5.52. The van der Waals surface area contributed by atoms with E-state index in [2.05, 4.69) is 30.1 Å². The van der Waals surface area contributed by atoms with Gasteiger partial charge in [0.15, 0.2) is 0 Å². The molecule has 0 unspecified atom stereocenters. The predicted octanol–water partition coefficient (Wildman–Crippen LogP) is 2.49. The second-order valence-electron chi connectivity index (χ2n) is 4.65. The fourth-order valence-electron chi connectivity index (χ4n) is 2.71. The molecule has 12 nitrogen and oxygen atoms in total. The third-order valence-electron chi connectivity index (χ3n) is 3.67. The lowest BCUT2D eigenvalue weighted by molar-refractivity contribution is 0.828. The second kappa shape index (κ2) is 9.93. The molecule has 126 valence electrons. The Balaban J connectivity index is 3.86. The van der Waals surface area contributed by atoms with Gasteiger partial charge in [0.1, 0.15) is 0 Å². The summed E-state index contributed by atoms with van der Waals surface area (Å²) in [7, 11) is 0. The maximum Gasteiger partial charge on any atom is 0.0517 e. The number of hydrogen-bond acceptors (Lipinski definition) is 6. The van der Waals surface area contributed by atoms with Gasteiger partial charge >= 0.3 is 0 Å². The van der Waals surface area contributed by atoms with Gasteiger partial charge < -0.3 is 17.2 Å². The van der Waals surface area contributed by atoms with Gasteiger partial charge in [-0.3, -0.25) is 0 Å². The highest BCUT2D eigenvalue weighted by Gasteiger charge is 2.20. The Morgan fingerprint density at radius 2 is 0.792 bits per heavy atom. The molecule has 0 aliphatic heterocycles. The van der Waals surface area contributed by atoms with Crippen LogP contribution in [-0.4, -0.2) is 0 Å². The van der Waals surface area contributed by atoms with Crippen molar-refractivity contribution in [2.75, 3.05) is 0 Å². The number of hydrogen-bond donors (Lipinski definition) is 3. The van der Waals surface area contributed by atoms with E-state index in [1.807, 2.05) is 0 Å². The molecule has 1 aromatic rings. The van der Waals surface area contributed by atoms with Gasteiger partial charge in [0.05, 0.1) is 19.6 Å². The standard InChI is InChI=1S/C12H18N12/c13-1-7-10(4-19-22-16)8(2-14)12(6-21-24-18)9(3-15)11(7)5-20-23-17/h1-6,13-15H2. The van der Waals surface area contributed by atoms with Crippen molar-refractivity contribution in [3.8, 4) is 0 Å². The Morgan fingerprint density at radius 3 is 0.958 bits per heavy atom. The van der Waals surface area contributed by atoms with Crippen molar-refractivity contribution in [3.05, 3.63) is 64.7 Å². The van der Waals surface area contributed by atoms with Crippen LogP contribution in [0, 0.1) is 0 Å². The molecule has 0 aliphatic carbocycles. The van der Waals surface area contributed by atoms with Crippen LogP contribution in [0.1, 0.15) is 33.4 Å². The predicted molar refractivity (Wildman–Crippen MR) is 88.7 cm³/mol. The zero-order chi connectivity index (χ0) is 17.9. The molecule has 0 spiro atoms. The SMILES string of the molecule is [N-]=[N+]=NCc1c(CN)c(CN=[N+]=[N-])c(CN)c(CN=[N+]=[N-])c1CN. The van der Waals surface area contributed by atoms with E-state index >= 15 is 0 Å². The Hall–Kier alpha value is -2.97. The molecular weight excluding hydrogens is 312 g/mol. The van der Waals surface area contributed by atoms with Gasteiger partial charge in [0.25, 0.3) is 0 Å². The zero-order valence-electron chi connectivity index (χ0n) is 13.0. The first-order valence-corrected chi connectivity index (χ1v) is 6.99. The summed E-state index contributed by atoms with van der Waals surface area (Å²) in [6, 6.07) is 0. The van der Waals surface area contributed by atoms with Gasteiger partial charge in [0, 0.05) is 34.4 Å². The third-order valence-corrected chi connectivity index (χ3v) is 3.67. The molecule has 0 bridgehead atoms. The van der Waals surface area contributed by atoms with Crippen molar-refractivity contribution >= 4 is 0 Å². The van der Waals surface area contributed by atoms with Crippen molar-refractivity contribution < 1.29 is 0 Å². The van der Waals surface area contributed by atoms with Crippen molar-refractivity contribution in [1.82, 2.24) is 0 Å². The molecule has 0 heterocycles. The van der Waals surface area contributed by atoms with Crippen LogP contribution in [0.15, 0.2) is 15.3 Å². The van der Waals surface area contributed by atoms with Gasteiger partial charge in [-0.15, -0.1) is 0 Å². The van der Waals surface area contributed by atoms with Gasteiger partial charge in [-0.05, 0) is 50.0 Å². The zero-order valence-corrected chi connectivity index (χ0v) is 13.0. The van der Waals surface area contributed by atoms with E-state index in [0.29, 0.717) is 33.4 Å². The number of nitrogens with zero attached hydrogens (tertiary/aromatic N) is 9. The fraction of sp³-hybridized carbons (Fsp3) is 0.500. The topological polar surface area (TPSA) is 224 Å². The quantitative estimate of drug-likeness (QED) is 0.352. The fourth-order valence-corrected chi connectivity index (χ4v) is 2.71. The van der Waals surface area contributed by atoms with Crippen LogP contribution in [-0.2, 0) is 39.3 Å². The number of azide groups is 3. The van der Waals surface area contributed by atoms with Crippen LogP contribution in [0.2, 0.25) is 0 Å². The monoisotopic (exact) mass is 330 g/mol. The number of nitrogens with two attached hydrogens (primary N) is 3. The Kier molecular flexibility index (Phi) is 7.89. The minimum absolute atomic E-state index is 0.0347. The molecule has 6 N–H and O–H groups in total. The van der Waals surface area contributed by atoms with Crippen molar-refractivity contribution in [1.29, 1.82) is 0 Å². The Bertz CT molecular complexity index is 614. The van der Waals surface area contributed by atoms with E-state index in [0.717, 1.165) is 0 Å². The largest absolute Gasteiger partial charge is 0.326 e. The summed E-state index contributed by atoms with van der Waals surface area (Å²) in [6.07, 6.45) is 0. The molecule has 0 aliphatic rings. The maximum atomic E-state index is 8.62. The maximum absolute atomic E-state index is 8.62. The van der Waals surface area contributed by atoms with Crippen LogP contribution >= 0.6 is 0 Å². The van der Waals surface area contributed by atoms with E-state index in [4.69, 9.17) is 33.8 Å². The van der Waals surface area contributed by atoms with Crippen LogP contribution in [0.5, 0.6) is 0 Å². The van der Waals surface area contributed by atoms with Crippen molar-refractivity contribution in [3.63, 3.8) is 0 Å². The minimum atomic E-state index is 0.0347. The molecule has 12 heteroatoms. The first kappa shape index (κ1) is 19.1. The molecule has 1 rings (SSSR count). The first-order chi connectivity index (χ1) is 11.7. The first-order valence-electron chi connectivity index (χ1n) is 6.99. The molecule has 0 saturated heterocycles. The van der Waals surface area contributed by atoms with Crippen LogP contribution < -0.4 is 17.2 Å². The number of rotatable bonds is 9. The number of benzene rings is 1. The van der Waals surface area contributed by atoms with Crippen molar-refractivity contribution in [2.24, 2.45) is 32.5 Å². The third kappa shape index (κ3) is 4.06. The van der Waals surface area contributed by atoms with E-state index in [1.54, 1.807) is 0 Å². The van der Waals surface area contributed by atoms with E-state index in [-0.39, 0.29) is 39.3 Å². The van der Waals surface area contributed by atoms with Crippen molar-refractivity contribution in [2.45, 2.75) is 39.3 Å². The van der Waals surface area contributed by atoms with Crippen LogP contribution in [0.4, 0.5) is 0 Å². The van der Waals surface area contributed by atoms with Crippen LogP contribution in [0.25, 0.3) is 31.3 Å². The summed E-state index contributed by atoms with van der Waals surface area (Å²) in [5.74, 6) is 0. The molecule has 0 amide bonds. The summed E-state index contributed by atoms with van der Waals surface area (Å²) >= 11 is 0. The average molecular weight is 330 g/mol. The van der Waals surface area contributed by atoms with E-state index in [1.165, 1.54) is 0 Å². The molecule has 0 fully saturated rings. The molecule has 0 radical (unpaired) electrons. The lowest BCUT2D eigenvalue weighted by atomic mass is 9.86. The van der Waals surface area contributed by atoms with Gasteiger partial charge in [-0.2, -0.15) is 0 Å². The van der Waals surface area contributed by atoms with Gasteiger partial charge in [0.2, 0.25) is 0 Å². The van der Waals surface area contributed by atoms with Gasteiger partial charge in [-0.1, -0.05) is 15.3 Å². The summed E-state index contributed by atoms with van der Waals surface area (Å²) in [6.45, 7) is 0.504. The second-order valence-corrected chi connectivity index (χ2v) is 4.65. The summed E-state index contributed by atoms with van der Waals surface area (Å²) in [4.78, 5) is 8.29. The molecule has 0 atom stereocenters. The summed E-state index contributed by atoms with van der Waals surface area (Å²) in [5.41, 5.74) is 47.4.